The molecule has 156 valence electrons. The number of thioether (sulfide) groups is 1. The smallest absolute Gasteiger partial charge is 0.187 e. The average molecular weight is 419 g/mol. The summed E-state index contributed by atoms with van der Waals surface area (Å²) in [6.45, 7) is 6.03. The van der Waals surface area contributed by atoms with E-state index in [1.807, 2.05) is 12.3 Å². The van der Waals surface area contributed by atoms with Gasteiger partial charge in [-0.3, -0.25) is 4.90 Å². The molecule has 0 radical (unpaired) electrons. The Kier molecular flexibility index (Phi) is 7.11. The molecule has 0 N–H and O–H groups in total. The summed E-state index contributed by atoms with van der Waals surface area (Å²) in [6, 6.07) is 6.21. The van der Waals surface area contributed by atoms with Gasteiger partial charge in [0.2, 0.25) is 0 Å². The van der Waals surface area contributed by atoms with Gasteiger partial charge in [0.15, 0.2) is 16.8 Å². The average Bonchev–Trinajstić information content (AvgIpc) is 3.25. The van der Waals surface area contributed by atoms with Crippen LogP contribution in [0, 0.1) is 11.6 Å². The number of halogens is 2. The van der Waals surface area contributed by atoms with E-state index in [1.165, 1.54) is 38.1 Å². The molecule has 2 saturated heterocycles. The summed E-state index contributed by atoms with van der Waals surface area (Å²) in [5.74, 6) is -0.186. The van der Waals surface area contributed by atoms with E-state index in [1.54, 1.807) is 17.8 Å². The lowest BCUT2D eigenvalue weighted by Gasteiger charge is -2.32. The van der Waals surface area contributed by atoms with Gasteiger partial charge in [-0.1, -0.05) is 17.8 Å². The van der Waals surface area contributed by atoms with Crippen LogP contribution < -0.4 is 0 Å². The molecule has 0 saturated carbocycles. The molecule has 0 amide bonds. The quantitative estimate of drug-likeness (QED) is 0.494. The minimum atomic E-state index is -0.791. The minimum Gasteiger partial charge on any atom is -0.303 e. The van der Waals surface area contributed by atoms with E-state index in [-0.39, 0.29) is 0 Å². The molecule has 0 bridgehead atoms. The summed E-state index contributed by atoms with van der Waals surface area (Å²) in [5, 5.41) is 0.861. The van der Waals surface area contributed by atoms with Gasteiger partial charge in [0.1, 0.15) is 0 Å². The number of hydrogen-bond acceptors (Lipinski definition) is 5. The molecule has 1 atom stereocenters. The molecule has 2 fully saturated rings. The Morgan fingerprint density at radius 2 is 1.83 bits per heavy atom. The maximum absolute atomic E-state index is 13.5. The third-order valence-corrected chi connectivity index (χ3v) is 6.65. The van der Waals surface area contributed by atoms with Gasteiger partial charge in [-0.05, 0) is 69.1 Å². The van der Waals surface area contributed by atoms with Gasteiger partial charge in [-0.25, -0.2) is 18.7 Å². The van der Waals surface area contributed by atoms with E-state index in [0.717, 1.165) is 54.6 Å². The first-order chi connectivity index (χ1) is 14.2. The van der Waals surface area contributed by atoms with Crippen molar-refractivity contribution < 1.29 is 8.78 Å². The highest BCUT2D eigenvalue weighted by atomic mass is 32.2. The molecule has 3 heterocycles. The number of piperidine rings is 1. The fourth-order valence-electron chi connectivity index (χ4n) is 4.26. The number of hydrogen-bond donors (Lipinski definition) is 0. The molecule has 4 rings (SSSR count). The van der Waals surface area contributed by atoms with Gasteiger partial charge < -0.3 is 4.90 Å². The molecule has 1 aromatic heterocycles. The molecule has 1 aromatic carbocycles. The Bertz CT molecular complexity index is 813. The van der Waals surface area contributed by atoms with Crippen molar-refractivity contribution in [3.63, 3.8) is 0 Å². The van der Waals surface area contributed by atoms with Gasteiger partial charge in [0.25, 0.3) is 0 Å². The molecule has 0 unspecified atom stereocenters. The van der Waals surface area contributed by atoms with Crippen molar-refractivity contribution in [1.29, 1.82) is 0 Å². The SMILES string of the molecule is Fc1ccc(CN2CCC[C@@H](c3ccnc(SCCN4CCCC4)n3)C2)cc1F. The Morgan fingerprint density at radius 1 is 1.00 bits per heavy atom. The van der Waals surface area contributed by atoms with E-state index in [4.69, 9.17) is 4.98 Å². The summed E-state index contributed by atoms with van der Waals surface area (Å²) in [6.07, 6.45) is 6.69. The molecular weight excluding hydrogens is 390 g/mol. The van der Waals surface area contributed by atoms with Crippen molar-refractivity contribution >= 4 is 11.8 Å². The highest BCUT2D eigenvalue weighted by molar-refractivity contribution is 7.99. The first kappa shape index (κ1) is 20.7. The third kappa shape index (κ3) is 5.74. The van der Waals surface area contributed by atoms with Gasteiger partial charge >= 0.3 is 0 Å². The van der Waals surface area contributed by atoms with Crippen molar-refractivity contribution in [2.24, 2.45) is 0 Å². The fraction of sp³-hybridized carbons (Fsp3) is 0.545. The van der Waals surface area contributed by atoms with Crippen LogP contribution in [0.25, 0.3) is 0 Å². The van der Waals surface area contributed by atoms with Crippen LogP contribution in [0.5, 0.6) is 0 Å². The van der Waals surface area contributed by atoms with Crippen LogP contribution in [-0.4, -0.2) is 58.2 Å². The van der Waals surface area contributed by atoms with Crippen LogP contribution in [0.4, 0.5) is 8.78 Å². The monoisotopic (exact) mass is 418 g/mol. The van der Waals surface area contributed by atoms with E-state index in [9.17, 15) is 8.78 Å². The molecule has 2 aliphatic heterocycles. The molecule has 4 nitrogen and oxygen atoms in total. The van der Waals surface area contributed by atoms with Crippen LogP contribution >= 0.6 is 11.8 Å². The molecule has 2 aromatic rings. The standard InChI is InChI=1S/C22H28F2N4S/c23-19-6-5-17(14-20(19)24)15-28-11-3-4-18(16-28)21-7-8-25-22(26-21)29-13-12-27-9-1-2-10-27/h5-8,14,18H,1-4,9-13,15-16H2/t18-/m1/s1. The van der Waals surface area contributed by atoms with E-state index >= 15 is 0 Å². The zero-order chi connectivity index (χ0) is 20.1. The molecule has 29 heavy (non-hydrogen) atoms. The summed E-state index contributed by atoms with van der Waals surface area (Å²) < 4.78 is 26.7. The van der Waals surface area contributed by atoms with Gasteiger partial charge in [0.05, 0.1) is 0 Å². The van der Waals surface area contributed by atoms with Gasteiger partial charge in [0, 0.05) is 43.2 Å². The number of rotatable bonds is 7. The maximum Gasteiger partial charge on any atom is 0.187 e. The summed E-state index contributed by atoms with van der Waals surface area (Å²) >= 11 is 1.74. The van der Waals surface area contributed by atoms with Gasteiger partial charge in [-0.2, -0.15) is 0 Å². The number of nitrogens with zero attached hydrogens (tertiary/aromatic N) is 4. The van der Waals surface area contributed by atoms with E-state index in [0.29, 0.717) is 12.5 Å². The topological polar surface area (TPSA) is 32.3 Å². The molecule has 7 heteroatoms. The number of likely N-dealkylation sites (tertiary alicyclic amines) is 2. The lowest BCUT2D eigenvalue weighted by Crippen LogP contribution is -2.34. The molecule has 0 spiro atoms. The van der Waals surface area contributed by atoms with E-state index < -0.39 is 11.6 Å². The Balaban J connectivity index is 1.33. The number of benzene rings is 1. The lowest BCUT2D eigenvalue weighted by atomic mass is 9.94. The Hall–Kier alpha value is -1.57. The zero-order valence-corrected chi connectivity index (χ0v) is 17.5. The van der Waals surface area contributed by atoms with Crippen molar-refractivity contribution in [1.82, 2.24) is 19.8 Å². The Morgan fingerprint density at radius 3 is 2.66 bits per heavy atom. The molecule has 2 aliphatic rings. The summed E-state index contributed by atoms with van der Waals surface area (Å²) in [7, 11) is 0. The van der Waals surface area contributed by atoms with E-state index in [2.05, 4.69) is 14.8 Å². The van der Waals surface area contributed by atoms with Crippen LogP contribution in [0.15, 0.2) is 35.6 Å². The minimum absolute atomic E-state index is 0.356. The fourth-order valence-corrected chi connectivity index (χ4v) is 5.10. The second-order valence-electron chi connectivity index (χ2n) is 7.98. The van der Waals surface area contributed by atoms with Crippen molar-refractivity contribution in [2.45, 2.75) is 43.3 Å². The highest BCUT2D eigenvalue weighted by Gasteiger charge is 2.23. The van der Waals surface area contributed by atoms with Crippen LogP contribution in [0.3, 0.4) is 0 Å². The van der Waals surface area contributed by atoms with Crippen molar-refractivity contribution in [3.8, 4) is 0 Å². The van der Waals surface area contributed by atoms with Crippen molar-refractivity contribution in [3.05, 3.63) is 53.4 Å². The van der Waals surface area contributed by atoms with Gasteiger partial charge in [-0.15, -0.1) is 0 Å². The summed E-state index contributed by atoms with van der Waals surface area (Å²) in [5.41, 5.74) is 1.91. The first-order valence-corrected chi connectivity index (χ1v) is 11.5. The molecule has 0 aliphatic carbocycles. The highest BCUT2D eigenvalue weighted by Crippen LogP contribution is 2.28. The Labute approximate surface area is 175 Å². The normalized spacial score (nSPS) is 21.0. The number of aromatic nitrogens is 2. The lowest BCUT2D eigenvalue weighted by molar-refractivity contribution is 0.198. The maximum atomic E-state index is 13.5. The zero-order valence-electron chi connectivity index (χ0n) is 16.7. The first-order valence-electron chi connectivity index (χ1n) is 10.5. The molecular formula is C22H28F2N4S. The van der Waals surface area contributed by atoms with Crippen LogP contribution in [0.1, 0.15) is 42.9 Å². The summed E-state index contributed by atoms with van der Waals surface area (Å²) in [4.78, 5) is 14.1. The second-order valence-corrected chi connectivity index (χ2v) is 9.05. The predicted octanol–water partition coefficient (Wildman–Crippen LogP) is 4.32. The van der Waals surface area contributed by atoms with Crippen LogP contribution in [0.2, 0.25) is 0 Å². The third-order valence-electron chi connectivity index (χ3n) is 5.81. The van der Waals surface area contributed by atoms with Crippen LogP contribution in [-0.2, 0) is 6.54 Å². The largest absolute Gasteiger partial charge is 0.303 e. The van der Waals surface area contributed by atoms with Crippen molar-refractivity contribution in [2.75, 3.05) is 38.5 Å². The second kappa shape index (κ2) is 9.96. The predicted molar refractivity (Wildman–Crippen MR) is 112 cm³/mol.